The van der Waals surface area contributed by atoms with Crippen LogP contribution in [0.3, 0.4) is 0 Å². The van der Waals surface area contributed by atoms with E-state index in [1.54, 1.807) is 67.6 Å². The Hall–Kier alpha value is -16.1. The first kappa shape index (κ1) is 108. The molecular formula is C115H117ClN8O16. The first-order valence-electron chi connectivity index (χ1n) is 45.7. The van der Waals surface area contributed by atoms with Crippen molar-refractivity contribution in [1.29, 1.82) is 0 Å². The van der Waals surface area contributed by atoms with Crippen LogP contribution in [0, 0.1) is 34.6 Å². The fraction of sp³-hybridized carbons (Fsp3) is 0.217. The monoisotopic (exact) mass is 1900 g/mol. The third-order valence-electron chi connectivity index (χ3n) is 22.4. The number of aromatic nitrogens is 7. The lowest BCUT2D eigenvalue weighted by Gasteiger charge is -2.14. The molecule has 0 atom stereocenters. The second kappa shape index (κ2) is 56.5. The van der Waals surface area contributed by atoms with Crippen molar-refractivity contribution >= 4 is 53.4 Å². The van der Waals surface area contributed by atoms with E-state index in [1.807, 2.05) is 158 Å². The van der Waals surface area contributed by atoms with Gasteiger partial charge in [-0.25, -0.2) is 33.6 Å². The van der Waals surface area contributed by atoms with Crippen molar-refractivity contribution < 1.29 is 78.8 Å². The molecule has 8 aromatic carbocycles. The highest BCUT2D eigenvalue weighted by Crippen LogP contribution is 2.27. The zero-order chi connectivity index (χ0) is 101. The molecule has 0 unspecified atom stereocenters. The molecule has 0 radical (unpaired) electrons. The molecular weight excluding hydrogens is 1780 g/mol. The second-order valence-corrected chi connectivity index (χ2v) is 34.1. The molecule has 0 amide bonds. The molecule has 0 saturated heterocycles. The number of hydrogen-bond acceptors (Lipinski definition) is 17. The van der Waals surface area contributed by atoms with Crippen molar-refractivity contribution in [2.24, 2.45) is 0 Å². The van der Waals surface area contributed by atoms with Gasteiger partial charge in [0.05, 0.1) is 45.0 Å². The Bertz CT molecular complexity index is 6460. The molecule has 25 heteroatoms. The molecule has 0 saturated carbocycles. The standard InChI is InChI=1S/C20H17NO3.C17H20N2O2.C17H19NO3.C16H17NO2.C15H14ClNO2.2C15H15NO2/c22-20(23)19-12-13-21-14-16(19)9-6-15-7-10-18(11-8-15)24-17-4-2-1-3-5-17;1-19(2)12-15-6-4-3-5-13(15)7-8-14-11-18-10-9-16(14)17(20)21;1-12(2)21-15-7-4-13(5-8-15)3-6-14-11-18-10-9-16(14)17(19)20;1-11-3-4-13(12(2)9-11)5-6-14-10-17-8-7-15(14)16(18)19;1-10-8-11(3-5-14(10)16)2-4-12-9-17-7-6-13(12)15(18)19;2*1-11-2-4-12(5-3-11)6-7-13-10-16-9-8-14(13)15(17)18/h1-5,7-8,10-14H,6,9H2,(H,22,23);3-6,9-11H,7-8,12H2,1-2H3,(H,20,21);4-5,7-12H,3,6H2,1-2H3,(H,19,20);3-4,7-10H,5-6H2,1-2H3,(H,18,19);3,5-9H,2,4H2,1H3,(H,18,19);2*2-5,8-10H,6-7H2,1H3,(H,17,18). The predicted molar refractivity (Wildman–Crippen MR) is 544 cm³/mol. The van der Waals surface area contributed by atoms with Gasteiger partial charge < -0.3 is 50.1 Å². The van der Waals surface area contributed by atoms with Crippen LogP contribution in [0.5, 0.6) is 17.2 Å². The van der Waals surface area contributed by atoms with Crippen LogP contribution in [0.15, 0.2) is 317 Å². The SMILES string of the molecule is CC(C)Oc1ccc(CCc2cnccc2C(=O)O)cc1.CN(C)Cc1ccccc1CCc1cnccc1C(=O)O.Cc1cc(CCc2cnccc2C(=O)O)ccc1Cl.Cc1ccc(CCc2cnccc2C(=O)O)c(C)c1.Cc1ccc(CCc2cnccc2C(=O)O)cc1.Cc1ccc(CCc2cnccc2C(=O)O)cc1.O=C(O)c1ccncc1CCc1ccc(Oc2ccccc2)cc1. The quantitative estimate of drug-likeness (QED) is 0.0197. The Balaban J connectivity index is 0.000000183. The molecule has 0 bridgehead atoms. The predicted octanol–water partition coefficient (Wildman–Crippen LogP) is 22.8. The summed E-state index contributed by atoms with van der Waals surface area (Å²) in [5.41, 5.74) is 23.3. The molecule has 0 aliphatic carbocycles. The number of ether oxygens (including phenoxy) is 2. The van der Waals surface area contributed by atoms with Crippen molar-refractivity contribution in [2.75, 3.05) is 14.1 Å². The summed E-state index contributed by atoms with van der Waals surface area (Å²) >= 11 is 5.98. The van der Waals surface area contributed by atoms with E-state index in [1.165, 1.54) is 112 Å². The Kier molecular flexibility index (Phi) is 43.4. The zero-order valence-corrected chi connectivity index (χ0v) is 80.7. The maximum absolute atomic E-state index is 11.2. The van der Waals surface area contributed by atoms with Crippen molar-refractivity contribution in [2.45, 2.75) is 151 Å². The molecule has 0 fully saturated rings. The van der Waals surface area contributed by atoms with Crippen molar-refractivity contribution in [3.05, 3.63) is 473 Å². The minimum atomic E-state index is -0.918. The summed E-state index contributed by atoms with van der Waals surface area (Å²) in [6.45, 7) is 15.1. The normalized spacial score (nSPS) is 10.5. The van der Waals surface area contributed by atoms with Gasteiger partial charge in [0.15, 0.2) is 0 Å². The van der Waals surface area contributed by atoms with E-state index in [2.05, 4.69) is 132 Å². The van der Waals surface area contributed by atoms with Gasteiger partial charge in [-0.05, 0) is 332 Å². The number of carboxylic acid groups (broad SMARTS) is 7. The van der Waals surface area contributed by atoms with Gasteiger partial charge in [0.1, 0.15) is 17.2 Å². The van der Waals surface area contributed by atoms with E-state index in [4.69, 9.17) is 46.6 Å². The van der Waals surface area contributed by atoms with Crippen LogP contribution >= 0.6 is 11.6 Å². The Labute approximate surface area is 821 Å². The highest BCUT2D eigenvalue weighted by Gasteiger charge is 2.18. The Morgan fingerprint density at radius 1 is 0.271 bits per heavy atom. The highest BCUT2D eigenvalue weighted by atomic mass is 35.5. The van der Waals surface area contributed by atoms with Crippen LogP contribution in [0.25, 0.3) is 0 Å². The van der Waals surface area contributed by atoms with E-state index < -0.39 is 41.8 Å². The minimum Gasteiger partial charge on any atom is -0.491 e. The molecule has 0 aliphatic rings. The van der Waals surface area contributed by atoms with Crippen LogP contribution in [-0.2, 0) is 96.4 Å². The average molecular weight is 1900 g/mol. The number of halogens is 1. The second-order valence-electron chi connectivity index (χ2n) is 33.7. The third kappa shape index (κ3) is 36.5. The van der Waals surface area contributed by atoms with E-state index in [0.29, 0.717) is 83.9 Å². The van der Waals surface area contributed by atoms with Crippen molar-refractivity contribution in [1.82, 2.24) is 39.8 Å². The lowest BCUT2D eigenvalue weighted by atomic mass is 9.98. The lowest BCUT2D eigenvalue weighted by molar-refractivity contribution is 0.0684. The largest absolute Gasteiger partial charge is 0.491 e. The van der Waals surface area contributed by atoms with E-state index in [-0.39, 0.29) is 6.10 Å². The van der Waals surface area contributed by atoms with Gasteiger partial charge in [0.25, 0.3) is 0 Å². The molecule has 7 aromatic heterocycles. The van der Waals surface area contributed by atoms with Crippen molar-refractivity contribution in [3.63, 3.8) is 0 Å². The Morgan fingerprint density at radius 2 is 0.536 bits per heavy atom. The average Bonchev–Trinajstić information content (AvgIpc) is 0.864. The topological polar surface area (TPSA) is 373 Å². The summed E-state index contributed by atoms with van der Waals surface area (Å²) in [5.74, 6) is -3.89. The van der Waals surface area contributed by atoms with Crippen LogP contribution in [0.1, 0.15) is 198 Å². The number of hydrogen-bond donors (Lipinski definition) is 7. The number of pyridine rings is 7. The van der Waals surface area contributed by atoms with Gasteiger partial charge >= 0.3 is 41.8 Å². The lowest BCUT2D eigenvalue weighted by Crippen LogP contribution is -2.13. The summed E-state index contributed by atoms with van der Waals surface area (Å²) < 4.78 is 11.4. The molecule has 7 heterocycles. The van der Waals surface area contributed by atoms with Gasteiger partial charge in [-0.15, -0.1) is 0 Å². The fourth-order valence-electron chi connectivity index (χ4n) is 14.9. The van der Waals surface area contributed by atoms with E-state index >= 15 is 0 Å². The summed E-state index contributed by atoms with van der Waals surface area (Å²) in [5, 5.41) is 64.6. The van der Waals surface area contributed by atoms with Gasteiger partial charge in [0.2, 0.25) is 0 Å². The van der Waals surface area contributed by atoms with Crippen molar-refractivity contribution in [3.8, 4) is 17.2 Å². The number of para-hydroxylation sites is 1. The minimum absolute atomic E-state index is 0.157. The molecule has 720 valence electrons. The first-order chi connectivity index (χ1) is 67.3. The smallest absolute Gasteiger partial charge is 0.336 e. The van der Waals surface area contributed by atoms with Gasteiger partial charge in [-0.3, -0.25) is 34.9 Å². The van der Waals surface area contributed by atoms with E-state index in [9.17, 15) is 43.8 Å². The molecule has 24 nitrogen and oxygen atoms in total. The highest BCUT2D eigenvalue weighted by molar-refractivity contribution is 6.31. The van der Waals surface area contributed by atoms with Crippen LogP contribution in [0.4, 0.5) is 0 Å². The molecule has 0 spiro atoms. The summed E-state index contributed by atoms with van der Waals surface area (Å²) in [7, 11) is 4.08. The number of benzene rings is 8. The zero-order valence-electron chi connectivity index (χ0n) is 80.0. The number of aromatic carboxylic acids is 7. The molecule has 15 rings (SSSR count). The maximum Gasteiger partial charge on any atom is 0.336 e. The molecule has 0 aliphatic heterocycles. The van der Waals surface area contributed by atoms with Gasteiger partial charge in [-0.2, -0.15) is 0 Å². The fourth-order valence-corrected chi connectivity index (χ4v) is 15.0. The number of carboxylic acids is 7. The first-order valence-corrected chi connectivity index (χ1v) is 46.1. The molecule has 7 N–H and O–H groups in total. The summed E-state index contributed by atoms with van der Waals surface area (Å²) in [6, 6.07) is 73.2. The summed E-state index contributed by atoms with van der Waals surface area (Å²) in [4.78, 5) is 108. The number of carbonyl (C=O) groups is 7. The summed E-state index contributed by atoms with van der Waals surface area (Å²) in [6.07, 6.45) is 32.4. The molecule has 140 heavy (non-hydrogen) atoms. The number of aryl methyl sites for hydroxylation is 19. The van der Waals surface area contributed by atoms with Crippen LogP contribution < -0.4 is 9.47 Å². The van der Waals surface area contributed by atoms with E-state index in [0.717, 1.165) is 135 Å². The number of rotatable bonds is 34. The number of nitrogens with zero attached hydrogens (tertiary/aromatic N) is 8. The van der Waals surface area contributed by atoms with Crippen LogP contribution in [-0.4, -0.2) is 138 Å². The third-order valence-corrected chi connectivity index (χ3v) is 22.9. The maximum atomic E-state index is 11.2. The molecule has 15 aromatic rings. The van der Waals surface area contributed by atoms with Gasteiger partial charge in [0, 0.05) is 98.3 Å². The Morgan fingerprint density at radius 3 is 0.843 bits per heavy atom. The van der Waals surface area contributed by atoms with Crippen LogP contribution in [0.2, 0.25) is 5.02 Å². The van der Waals surface area contributed by atoms with Gasteiger partial charge in [-0.1, -0.05) is 174 Å².